The van der Waals surface area contributed by atoms with Crippen LogP contribution in [0, 0.1) is 11.3 Å². The van der Waals surface area contributed by atoms with Crippen molar-refractivity contribution in [2.45, 2.75) is 33.1 Å². The van der Waals surface area contributed by atoms with Crippen molar-refractivity contribution in [1.29, 1.82) is 0 Å². The Labute approximate surface area is 126 Å². The maximum absolute atomic E-state index is 11.7. The molecule has 1 heterocycles. The lowest BCUT2D eigenvalue weighted by Crippen LogP contribution is -2.42. The SMILES string of the molecule is CC(C)CCOCCC1(C(=O)O)COc2ccccc2C1. The van der Waals surface area contributed by atoms with Gasteiger partial charge in [0, 0.05) is 13.2 Å². The van der Waals surface area contributed by atoms with Gasteiger partial charge >= 0.3 is 5.97 Å². The average molecular weight is 292 g/mol. The predicted octanol–water partition coefficient (Wildman–Crippen LogP) is 3.15. The van der Waals surface area contributed by atoms with E-state index in [1.807, 2.05) is 24.3 Å². The number of hydrogen-bond donors (Lipinski definition) is 1. The maximum Gasteiger partial charge on any atom is 0.313 e. The highest BCUT2D eigenvalue weighted by atomic mass is 16.5. The molecular weight excluding hydrogens is 268 g/mol. The molecule has 1 aromatic rings. The molecule has 4 heteroatoms. The number of rotatable bonds is 7. The van der Waals surface area contributed by atoms with E-state index in [1.165, 1.54) is 0 Å². The number of carboxylic acid groups (broad SMARTS) is 1. The number of carbonyl (C=O) groups is 1. The zero-order chi connectivity index (χ0) is 15.3. The van der Waals surface area contributed by atoms with Crippen LogP contribution in [-0.2, 0) is 16.0 Å². The summed E-state index contributed by atoms with van der Waals surface area (Å²) in [7, 11) is 0. The fourth-order valence-corrected chi connectivity index (χ4v) is 2.52. The molecule has 1 unspecified atom stereocenters. The van der Waals surface area contributed by atoms with Crippen molar-refractivity contribution < 1.29 is 19.4 Å². The first-order valence-corrected chi connectivity index (χ1v) is 7.55. The second-order valence-corrected chi connectivity index (χ2v) is 6.20. The van der Waals surface area contributed by atoms with Crippen molar-refractivity contribution >= 4 is 5.97 Å². The molecule has 1 aliphatic heterocycles. The highest BCUT2D eigenvalue weighted by Gasteiger charge is 2.42. The molecule has 0 fully saturated rings. The van der Waals surface area contributed by atoms with E-state index >= 15 is 0 Å². The number of aliphatic carboxylic acids is 1. The molecule has 0 bridgehead atoms. The highest BCUT2D eigenvalue weighted by molar-refractivity contribution is 5.76. The zero-order valence-electron chi connectivity index (χ0n) is 12.8. The molecule has 1 atom stereocenters. The molecule has 1 N–H and O–H groups in total. The fraction of sp³-hybridized carbons (Fsp3) is 0.588. The van der Waals surface area contributed by atoms with Crippen LogP contribution < -0.4 is 4.74 Å². The molecule has 21 heavy (non-hydrogen) atoms. The minimum absolute atomic E-state index is 0.215. The molecule has 0 amide bonds. The van der Waals surface area contributed by atoms with Gasteiger partial charge in [0.2, 0.25) is 0 Å². The molecule has 0 aromatic heterocycles. The Morgan fingerprint density at radius 2 is 2.14 bits per heavy atom. The normalized spacial score (nSPS) is 20.9. The van der Waals surface area contributed by atoms with Gasteiger partial charge in [-0.2, -0.15) is 0 Å². The van der Waals surface area contributed by atoms with Crippen molar-refractivity contribution in [3.63, 3.8) is 0 Å². The molecule has 0 spiro atoms. The molecule has 4 nitrogen and oxygen atoms in total. The van der Waals surface area contributed by atoms with Crippen LogP contribution in [-0.4, -0.2) is 30.9 Å². The lowest BCUT2D eigenvalue weighted by atomic mass is 9.78. The van der Waals surface area contributed by atoms with Crippen LogP contribution in [0.25, 0.3) is 0 Å². The first-order valence-electron chi connectivity index (χ1n) is 7.55. The zero-order valence-corrected chi connectivity index (χ0v) is 12.8. The minimum atomic E-state index is -0.869. The second kappa shape index (κ2) is 6.94. The van der Waals surface area contributed by atoms with Crippen molar-refractivity contribution in [1.82, 2.24) is 0 Å². The summed E-state index contributed by atoms with van der Waals surface area (Å²) in [5, 5.41) is 9.62. The summed E-state index contributed by atoms with van der Waals surface area (Å²) in [6, 6.07) is 7.65. The molecule has 0 saturated carbocycles. The first-order chi connectivity index (χ1) is 10.0. The summed E-state index contributed by atoms with van der Waals surface area (Å²) in [6.45, 7) is 5.66. The predicted molar refractivity (Wildman–Crippen MR) is 80.6 cm³/mol. The Morgan fingerprint density at radius 3 is 2.86 bits per heavy atom. The minimum Gasteiger partial charge on any atom is -0.492 e. The monoisotopic (exact) mass is 292 g/mol. The molecule has 0 radical (unpaired) electrons. The van der Waals surface area contributed by atoms with E-state index in [0.29, 0.717) is 32.0 Å². The van der Waals surface area contributed by atoms with Gasteiger partial charge in [0.05, 0.1) is 0 Å². The molecule has 0 saturated heterocycles. The van der Waals surface area contributed by atoms with Gasteiger partial charge in [0.1, 0.15) is 17.8 Å². The van der Waals surface area contributed by atoms with Crippen LogP contribution in [0.1, 0.15) is 32.3 Å². The van der Waals surface area contributed by atoms with Crippen LogP contribution >= 0.6 is 0 Å². The third kappa shape index (κ3) is 3.97. The van der Waals surface area contributed by atoms with Crippen LogP contribution in [0.5, 0.6) is 5.75 Å². The van der Waals surface area contributed by atoms with Gasteiger partial charge in [-0.05, 0) is 36.8 Å². The van der Waals surface area contributed by atoms with Gasteiger partial charge in [-0.3, -0.25) is 4.79 Å². The number of carboxylic acids is 1. The van der Waals surface area contributed by atoms with Crippen LogP contribution in [0.2, 0.25) is 0 Å². The van der Waals surface area contributed by atoms with E-state index in [-0.39, 0.29) is 6.61 Å². The molecular formula is C17H24O4. The Morgan fingerprint density at radius 1 is 1.38 bits per heavy atom. The molecule has 1 aromatic carbocycles. The number of benzene rings is 1. The Hall–Kier alpha value is -1.55. The quantitative estimate of drug-likeness (QED) is 0.784. The van der Waals surface area contributed by atoms with Gasteiger partial charge in [-0.25, -0.2) is 0 Å². The first kappa shape index (κ1) is 15.8. The Bertz CT molecular complexity index is 483. The van der Waals surface area contributed by atoms with Crippen LogP contribution in [0.4, 0.5) is 0 Å². The maximum atomic E-state index is 11.7. The standard InChI is InChI=1S/C17H24O4/c1-13(2)7-9-20-10-8-17(16(18)19)11-14-5-3-4-6-15(14)21-12-17/h3-6,13H,7-12H2,1-2H3,(H,18,19). The largest absolute Gasteiger partial charge is 0.492 e. The van der Waals surface area contributed by atoms with E-state index < -0.39 is 11.4 Å². The third-order valence-corrected chi connectivity index (χ3v) is 4.02. The Balaban J connectivity index is 1.95. The lowest BCUT2D eigenvalue weighted by Gasteiger charge is -2.34. The van der Waals surface area contributed by atoms with Crippen molar-refractivity contribution in [3.05, 3.63) is 29.8 Å². The summed E-state index contributed by atoms with van der Waals surface area (Å²) in [6.07, 6.45) is 1.99. The molecule has 1 aliphatic rings. The molecule has 116 valence electrons. The number of ether oxygens (including phenoxy) is 2. The Kier molecular flexibility index (Phi) is 5.23. The van der Waals surface area contributed by atoms with E-state index in [9.17, 15) is 9.90 Å². The highest BCUT2D eigenvalue weighted by Crippen LogP contribution is 2.37. The lowest BCUT2D eigenvalue weighted by molar-refractivity contribution is -0.153. The number of fused-ring (bicyclic) bond motifs is 1. The van der Waals surface area contributed by atoms with Crippen molar-refractivity contribution in [2.24, 2.45) is 11.3 Å². The number of para-hydroxylation sites is 1. The van der Waals surface area contributed by atoms with E-state index in [0.717, 1.165) is 17.7 Å². The summed E-state index contributed by atoms with van der Waals surface area (Å²) < 4.78 is 11.3. The summed E-state index contributed by atoms with van der Waals surface area (Å²) in [5.74, 6) is 0.600. The molecule has 2 rings (SSSR count). The molecule has 0 aliphatic carbocycles. The topological polar surface area (TPSA) is 55.8 Å². The van der Waals surface area contributed by atoms with E-state index in [4.69, 9.17) is 9.47 Å². The van der Waals surface area contributed by atoms with Gasteiger partial charge in [-0.1, -0.05) is 32.0 Å². The van der Waals surface area contributed by atoms with Gasteiger partial charge in [0.15, 0.2) is 0 Å². The third-order valence-electron chi connectivity index (χ3n) is 4.02. The van der Waals surface area contributed by atoms with E-state index in [1.54, 1.807) is 0 Å². The van der Waals surface area contributed by atoms with Gasteiger partial charge in [-0.15, -0.1) is 0 Å². The van der Waals surface area contributed by atoms with Gasteiger partial charge in [0.25, 0.3) is 0 Å². The van der Waals surface area contributed by atoms with Gasteiger partial charge < -0.3 is 14.6 Å². The summed E-state index contributed by atoms with van der Waals surface area (Å²) in [4.78, 5) is 11.7. The van der Waals surface area contributed by atoms with Crippen LogP contribution in [0.15, 0.2) is 24.3 Å². The second-order valence-electron chi connectivity index (χ2n) is 6.20. The van der Waals surface area contributed by atoms with Crippen molar-refractivity contribution in [2.75, 3.05) is 19.8 Å². The summed E-state index contributed by atoms with van der Waals surface area (Å²) in [5.41, 5.74) is 0.0972. The van der Waals surface area contributed by atoms with Crippen molar-refractivity contribution in [3.8, 4) is 5.75 Å². The smallest absolute Gasteiger partial charge is 0.313 e. The summed E-state index contributed by atoms with van der Waals surface area (Å²) >= 11 is 0. The van der Waals surface area contributed by atoms with E-state index in [2.05, 4.69) is 13.8 Å². The fourth-order valence-electron chi connectivity index (χ4n) is 2.52. The average Bonchev–Trinajstić information content (AvgIpc) is 2.46. The van der Waals surface area contributed by atoms with Crippen LogP contribution in [0.3, 0.4) is 0 Å². The number of hydrogen-bond acceptors (Lipinski definition) is 3.